The van der Waals surface area contributed by atoms with Crippen molar-refractivity contribution in [3.05, 3.63) is 0 Å². The predicted octanol–water partition coefficient (Wildman–Crippen LogP) is 2.08. The van der Waals surface area contributed by atoms with Gasteiger partial charge in [0.25, 0.3) is 0 Å². The molecular formula is C14H27NO2S. The van der Waals surface area contributed by atoms with Crippen molar-refractivity contribution in [2.24, 2.45) is 5.41 Å². The summed E-state index contributed by atoms with van der Waals surface area (Å²) in [6.45, 7) is 10.5. The second-order valence-corrected chi connectivity index (χ2v) is 8.20. The van der Waals surface area contributed by atoms with Crippen molar-refractivity contribution in [1.29, 1.82) is 0 Å². The third-order valence-electron chi connectivity index (χ3n) is 4.61. The van der Waals surface area contributed by atoms with Gasteiger partial charge in [-0.1, -0.05) is 20.8 Å². The molecule has 5 atom stereocenters. The van der Waals surface area contributed by atoms with E-state index in [4.69, 9.17) is 4.74 Å². The molecule has 1 N–H and O–H groups in total. The van der Waals surface area contributed by atoms with Crippen LogP contribution in [0.25, 0.3) is 0 Å². The summed E-state index contributed by atoms with van der Waals surface area (Å²) >= 11 is 0. The van der Waals surface area contributed by atoms with E-state index in [0.29, 0.717) is 11.3 Å². The molecule has 0 spiro atoms. The van der Waals surface area contributed by atoms with Crippen LogP contribution in [0.2, 0.25) is 0 Å². The summed E-state index contributed by atoms with van der Waals surface area (Å²) in [5.74, 6) is 0. The van der Waals surface area contributed by atoms with Crippen molar-refractivity contribution in [3.8, 4) is 0 Å². The first-order chi connectivity index (χ1) is 8.47. The normalized spacial score (nSPS) is 41.1. The Bertz CT molecular complexity index is 319. The van der Waals surface area contributed by atoms with E-state index in [2.05, 4.69) is 33.0 Å². The fraction of sp³-hybridized carbons (Fsp3) is 1.00. The van der Waals surface area contributed by atoms with Gasteiger partial charge in [-0.2, -0.15) is 0 Å². The molecule has 1 saturated carbocycles. The minimum atomic E-state index is -0.766. The van der Waals surface area contributed by atoms with Crippen molar-refractivity contribution in [2.45, 2.75) is 69.6 Å². The molecule has 106 valence electrons. The third-order valence-corrected chi connectivity index (χ3v) is 6.93. The Morgan fingerprint density at radius 2 is 2.06 bits per heavy atom. The molecule has 2 aliphatic rings. The van der Waals surface area contributed by atoms with E-state index in [9.17, 15) is 4.21 Å². The summed E-state index contributed by atoms with van der Waals surface area (Å²) in [5, 5.41) is 4.11. The second-order valence-electron chi connectivity index (χ2n) is 6.33. The molecular weight excluding hydrogens is 246 g/mol. The molecule has 2 rings (SSSR count). The molecule has 2 fully saturated rings. The first-order valence-electron chi connectivity index (χ1n) is 7.21. The molecule has 1 aliphatic carbocycles. The lowest BCUT2D eigenvalue weighted by molar-refractivity contribution is 0.126. The standard InChI is InChI=1S/C14H27NO2S/c1-5-15-13-12(6-8-14(13,3)4)18(16)11-7-9-17-10(11)2/h10-13,15H,5-9H2,1-4H3. The van der Waals surface area contributed by atoms with Crippen LogP contribution in [-0.4, -0.2) is 40.0 Å². The van der Waals surface area contributed by atoms with Crippen LogP contribution < -0.4 is 5.32 Å². The largest absolute Gasteiger partial charge is 0.377 e. The average molecular weight is 273 g/mol. The van der Waals surface area contributed by atoms with Crippen LogP contribution in [0.4, 0.5) is 0 Å². The minimum Gasteiger partial charge on any atom is -0.377 e. The van der Waals surface area contributed by atoms with Crippen molar-refractivity contribution in [3.63, 3.8) is 0 Å². The first kappa shape index (κ1) is 14.5. The maximum Gasteiger partial charge on any atom is 0.0691 e. The van der Waals surface area contributed by atoms with Crippen molar-refractivity contribution in [1.82, 2.24) is 5.32 Å². The van der Waals surface area contributed by atoms with Crippen molar-refractivity contribution >= 4 is 10.8 Å². The van der Waals surface area contributed by atoms with Gasteiger partial charge in [0.05, 0.1) is 16.6 Å². The molecule has 4 heteroatoms. The Labute approximate surface area is 114 Å². The Balaban J connectivity index is 2.09. The molecule has 0 aromatic carbocycles. The van der Waals surface area contributed by atoms with Gasteiger partial charge in [-0.15, -0.1) is 0 Å². The maximum atomic E-state index is 12.8. The number of nitrogens with one attached hydrogen (secondary N) is 1. The minimum absolute atomic E-state index is 0.164. The van der Waals surface area contributed by atoms with Crippen LogP contribution in [-0.2, 0) is 15.5 Å². The highest BCUT2D eigenvalue weighted by atomic mass is 32.2. The first-order valence-corrected chi connectivity index (χ1v) is 8.49. The van der Waals surface area contributed by atoms with Gasteiger partial charge in [0.1, 0.15) is 0 Å². The molecule has 3 nitrogen and oxygen atoms in total. The molecule has 0 amide bonds. The van der Waals surface area contributed by atoms with E-state index in [0.717, 1.165) is 26.0 Å². The summed E-state index contributed by atoms with van der Waals surface area (Å²) in [4.78, 5) is 0. The van der Waals surface area contributed by atoms with Crippen LogP contribution in [0.15, 0.2) is 0 Å². The van der Waals surface area contributed by atoms with Crippen LogP contribution in [0.5, 0.6) is 0 Å². The zero-order chi connectivity index (χ0) is 13.3. The quantitative estimate of drug-likeness (QED) is 0.852. The Hall–Kier alpha value is 0.0700. The Morgan fingerprint density at radius 3 is 2.61 bits per heavy atom. The predicted molar refractivity (Wildman–Crippen MR) is 76.2 cm³/mol. The maximum absolute atomic E-state index is 12.8. The fourth-order valence-corrected chi connectivity index (χ4v) is 5.78. The zero-order valence-corrected chi connectivity index (χ0v) is 12.9. The molecule has 1 heterocycles. The number of rotatable bonds is 4. The second kappa shape index (κ2) is 5.59. The molecule has 0 aromatic rings. The lowest BCUT2D eigenvalue weighted by Crippen LogP contribution is -2.48. The molecule has 1 saturated heterocycles. The zero-order valence-electron chi connectivity index (χ0n) is 12.1. The monoisotopic (exact) mass is 273 g/mol. The Morgan fingerprint density at radius 1 is 1.33 bits per heavy atom. The van der Waals surface area contributed by atoms with Crippen molar-refractivity contribution in [2.75, 3.05) is 13.2 Å². The van der Waals surface area contributed by atoms with Gasteiger partial charge in [0.15, 0.2) is 0 Å². The molecule has 5 unspecified atom stereocenters. The van der Waals surface area contributed by atoms with E-state index in [1.807, 2.05) is 0 Å². The van der Waals surface area contributed by atoms with E-state index >= 15 is 0 Å². The van der Waals surface area contributed by atoms with E-state index in [1.54, 1.807) is 0 Å². The smallest absolute Gasteiger partial charge is 0.0691 e. The molecule has 1 aliphatic heterocycles. The SMILES string of the molecule is CCNC1C(S(=O)C2CCOC2C)CCC1(C)C. The summed E-state index contributed by atoms with van der Waals surface area (Å²) < 4.78 is 18.4. The van der Waals surface area contributed by atoms with Gasteiger partial charge in [-0.25, -0.2) is 0 Å². The number of hydrogen-bond donors (Lipinski definition) is 1. The number of hydrogen-bond acceptors (Lipinski definition) is 3. The highest BCUT2D eigenvalue weighted by Gasteiger charge is 2.47. The van der Waals surface area contributed by atoms with Gasteiger partial charge >= 0.3 is 0 Å². The fourth-order valence-electron chi connectivity index (χ4n) is 3.46. The van der Waals surface area contributed by atoms with Crippen LogP contribution in [0.3, 0.4) is 0 Å². The van der Waals surface area contributed by atoms with E-state index < -0.39 is 10.8 Å². The summed E-state index contributed by atoms with van der Waals surface area (Å²) in [6.07, 6.45) is 3.38. The molecule has 0 aromatic heterocycles. The number of ether oxygens (including phenoxy) is 1. The Kier molecular flexibility index (Phi) is 4.50. The van der Waals surface area contributed by atoms with Gasteiger partial charge in [-0.3, -0.25) is 4.21 Å². The lowest BCUT2D eigenvalue weighted by Gasteiger charge is -2.32. The average Bonchev–Trinajstić information content (AvgIpc) is 2.84. The van der Waals surface area contributed by atoms with Gasteiger partial charge < -0.3 is 10.1 Å². The molecule has 0 radical (unpaired) electrons. The van der Waals surface area contributed by atoms with E-state index in [-0.39, 0.29) is 16.8 Å². The lowest BCUT2D eigenvalue weighted by atomic mass is 9.87. The van der Waals surface area contributed by atoms with Crippen molar-refractivity contribution < 1.29 is 8.95 Å². The highest BCUT2D eigenvalue weighted by molar-refractivity contribution is 7.86. The molecule has 18 heavy (non-hydrogen) atoms. The van der Waals surface area contributed by atoms with Gasteiger partial charge in [-0.05, 0) is 38.1 Å². The van der Waals surface area contributed by atoms with Crippen LogP contribution in [0, 0.1) is 5.41 Å². The molecule has 0 bridgehead atoms. The highest BCUT2D eigenvalue weighted by Crippen LogP contribution is 2.41. The summed E-state index contributed by atoms with van der Waals surface area (Å²) in [5.41, 5.74) is 0.263. The summed E-state index contributed by atoms with van der Waals surface area (Å²) in [7, 11) is -0.766. The summed E-state index contributed by atoms with van der Waals surface area (Å²) in [6, 6.07) is 0.385. The van der Waals surface area contributed by atoms with Crippen LogP contribution in [0.1, 0.15) is 47.0 Å². The van der Waals surface area contributed by atoms with E-state index in [1.165, 1.54) is 6.42 Å². The van der Waals surface area contributed by atoms with Gasteiger partial charge in [0, 0.05) is 23.4 Å². The van der Waals surface area contributed by atoms with Crippen LogP contribution >= 0.6 is 0 Å². The topological polar surface area (TPSA) is 38.3 Å². The van der Waals surface area contributed by atoms with Gasteiger partial charge in [0.2, 0.25) is 0 Å². The third kappa shape index (κ3) is 2.66.